The largest absolute Gasteiger partial charge is 0.490 e. The third-order valence-electron chi connectivity index (χ3n) is 5.62. The average Bonchev–Trinajstić information content (AvgIpc) is 2.82. The summed E-state index contributed by atoms with van der Waals surface area (Å²) in [6.45, 7) is 3.04. The number of benzene rings is 3. The van der Waals surface area contributed by atoms with Crippen molar-refractivity contribution in [2.45, 2.75) is 39.0 Å². The second-order valence-corrected chi connectivity index (χ2v) is 7.62. The highest BCUT2D eigenvalue weighted by Crippen LogP contribution is 2.29. The molecule has 0 atom stereocenters. The monoisotopic (exact) mass is 399 g/mol. The second kappa shape index (κ2) is 10.1. The average molecular weight is 400 g/mol. The summed E-state index contributed by atoms with van der Waals surface area (Å²) >= 11 is 0. The number of aryl methyl sites for hydroxylation is 1. The Morgan fingerprint density at radius 3 is 2.37 bits per heavy atom. The van der Waals surface area contributed by atoms with Crippen molar-refractivity contribution in [3.8, 4) is 16.9 Å². The molecule has 1 aliphatic carbocycles. The Morgan fingerprint density at radius 1 is 0.800 bits per heavy atom. The Bertz CT molecular complexity index is 978. The minimum Gasteiger partial charge on any atom is -0.490 e. The number of hydrogen-bond donors (Lipinski definition) is 0. The Morgan fingerprint density at radius 2 is 1.57 bits per heavy atom. The maximum absolute atomic E-state index is 6.00. The van der Waals surface area contributed by atoms with E-state index in [9.17, 15) is 0 Å². The van der Waals surface area contributed by atoms with E-state index in [4.69, 9.17) is 9.57 Å². The van der Waals surface area contributed by atoms with Crippen molar-refractivity contribution in [2.24, 2.45) is 5.16 Å². The molecular weight excluding hydrogens is 370 g/mol. The minimum absolute atomic E-state index is 0.440. The van der Waals surface area contributed by atoms with Gasteiger partial charge in [0.15, 0.2) is 6.61 Å². The van der Waals surface area contributed by atoms with Gasteiger partial charge in [-0.1, -0.05) is 78.8 Å². The van der Waals surface area contributed by atoms with Crippen LogP contribution in [0.1, 0.15) is 42.9 Å². The van der Waals surface area contributed by atoms with E-state index < -0.39 is 0 Å². The number of oxime groups is 1. The molecule has 3 aromatic rings. The van der Waals surface area contributed by atoms with Gasteiger partial charge in [0.1, 0.15) is 12.4 Å². The highest BCUT2D eigenvalue weighted by molar-refractivity contribution is 6.00. The lowest BCUT2D eigenvalue weighted by molar-refractivity contribution is 0.106. The van der Waals surface area contributed by atoms with E-state index in [-0.39, 0.29) is 0 Å². The number of fused-ring (bicyclic) bond motifs is 1. The molecule has 30 heavy (non-hydrogen) atoms. The van der Waals surface area contributed by atoms with Gasteiger partial charge in [-0.25, -0.2) is 0 Å². The van der Waals surface area contributed by atoms with Crippen LogP contribution >= 0.6 is 0 Å². The summed E-state index contributed by atoms with van der Waals surface area (Å²) in [4.78, 5) is 5.58. The van der Waals surface area contributed by atoms with Crippen LogP contribution in [0.3, 0.4) is 0 Å². The number of nitrogens with zero attached hydrogens (tertiary/aromatic N) is 1. The summed E-state index contributed by atoms with van der Waals surface area (Å²) in [6, 6.07) is 25.3. The molecule has 3 heteroatoms. The predicted molar refractivity (Wildman–Crippen MR) is 123 cm³/mol. The van der Waals surface area contributed by atoms with E-state index in [2.05, 4.69) is 78.8 Å². The summed E-state index contributed by atoms with van der Waals surface area (Å²) in [6.07, 6.45) is 5.62. The van der Waals surface area contributed by atoms with Crippen LogP contribution < -0.4 is 4.74 Å². The highest BCUT2D eigenvalue weighted by atomic mass is 16.6. The predicted octanol–water partition coefficient (Wildman–Crippen LogP) is 6.44. The zero-order valence-electron chi connectivity index (χ0n) is 17.6. The lowest BCUT2D eigenvalue weighted by Crippen LogP contribution is -2.10. The van der Waals surface area contributed by atoms with Crippen LogP contribution in [0.5, 0.6) is 5.75 Å². The van der Waals surface area contributed by atoms with Gasteiger partial charge in [0.05, 0.1) is 5.71 Å². The van der Waals surface area contributed by atoms with Gasteiger partial charge >= 0.3 is 0 Å². The molecule has 4 rings (SSSR count). The summed E-state index contributed by atoms with van der Waals surface area (Å²) in [5, 5.41) is 4.37. The first kappa shape index (κ1) is 20.2. The zero-order chi connectivity index (χ0) is 20.6. The van der Waals surface area contributed by atoms with Crippen molar-refractivity contribution < 1.29 is 9.57 Å². The Labute approximate surface area is 179 Å². The van der Waals surface area contributed by atoms with Crippen LogP contribution in [0.15, 0.2) is 78.0 Å². The molecule has 3 aromatic carbocycles. The van der Waals surface area contributed by atoms with Crippen molar-refractivity contribution in [3.05, 3.63) is 89.5 Å². The number of hydrogen-bond acceptors (Lipinski definition) is 3. The van der Waals surface area contributed by atoms with E-state index in [0.29, 0.717) is 13.2 Å². The third kappa shape index (κ3) is 4.91. The van der Waals surface area contributed by atoms with E-state index in [1.54, 1.807) is 0 Å². The first-order chi connectivity index (χ1) is 14.8. The molecule has 0 radical (unpaired) electrons. The fourth-order valence-corrected chi connectivity index (χ4v) is 4.00. The number of ether oxygens (including phenoxy) is 1. The molecule has 0 bridgehead atoms. The van der Waals surface area contributed by atoms with Crippen molar-refractivity contribution in [1.82, 2.24) is 0 Å². The van der Waals surface area contributed by atoms with Gasteiger partial charge in [0.25, 0.3) is 0 Å². The quantitative estimate of drug-likeness (QED) is 0.248. The molecule has 0 heterocycles. The lowest BCUT2D eigenvalue weighted by Gasteiger charge is -2.19. The fourth-order valence-electron chi connectivity index (χ4n) is 4.00. The van der Waals surface area contributed by atoms with E-state index in [1.807, 2.05) is 6.07 Å². The van der Waals surface area contributed by atoms with Crippen molar-refractivity contribution in [3.63, 3.8) is 0 Å². The molecule has 0 saturated heterocycles. The molecule has 0 N–H and O–H groups in total. The van der Waals surface area contributed by atoms with Crippen LogP contribution in [0.2, 0.25) is 0 Å². The standard InChI is InChI=1S/C27H29NO2/c1-2-26(24-17-15-22(16-18-24)21-9-4-3-5-10-21)28-30-20-19-29-27-14-8-12-23-11-6-7-13-25(23)27/h3-5,8-10,12,14-18H,2,6-7,11,13,19-20H2,1H3/b28-26+. The molecule has 1 aliphatic rings. The van der Waals surface area contributed by atoms with Crippen LogP contribution in [-0.4, -0.2) is 18.9 Å². The van der Waals surface area contributed by atoms with Crippen LogP contribution in [0.25, 0.3) is 11.1 Å². The van der Waals surface area contributed by atoms with Gasteiger partial charge in [-0.3, -0.25) is 0 Å². The zero-order valence-corrected chi connectivity index (χ0v) is 17.6. The van der Waals surface area contributed by atoms with Gasteiger partial charge in [-0.2, -0.15) is 0 Å². The van der Waals surface area contributed by atoms with Gasteiger partial charge in [0, 0.05) is 0 Å². The van der Waals surface area contributed by atoms with Crippen LogP contribution in [0.4, 0.5) is 0 Å². The van der Waals surface area contributed by atoms with Gasteiger partial charge in [0.2, 0.25) is 0 Å². The highest BCUT2D eigenvalue weighted by Gasteiger charge is 2.13. The first-order valence-corrected chi connectivity index (χ1v) is 10.9. The normalized spacial score (nSPS) is 13.6. The maximum atomic E-state index is 6.00. The van der Waals surface area contributed by atoms with Crippen LogP contribution in [0, 0.1) is 0 Å². The van der Waals surface area contributed by atoms with Crippen molar-refractivity contribution >= 4 is 5.71 Å². The SMILES string of the molecule is CC/C(=N\OCCOc1cccc2c1CCCC2)c1ccc(-c2ccccc2)cc1. The van der Waals surface area contributed by atoms with E-state index in [1.165, 1.54) is 35.1 Å². The van der Waals surface area contributed by atoms with Crippen LogP contribution in [-0.2, 0) is 17.7 Å². The summed E-state index contributed by atoms with van der Waals surface area (Å²) in [7, 11) is 0. The van der Waals surface area contributed by atoms with E-state index in [0.717, 1.165) is 36.3 Å². The smallest absolute Gasteiger partial charge is 0.151 e. The Balaban J connectivity index is 1.32. The molecule has 0 fully saturated rings. The minimum atomic E-state index is 0.440. The molecule has 0 spiro atoms. The van der Waals surface area contributed by atoms with Gasteiger partial charge in [-0.15, -0.1) is 0 Å². The molecule has 3 nitrogen and oxygen atoms in total. The molecule has 0 aliphatic heterocycles. The first-order valence-electron chi connectivity index (χ1n) is 10.9. The summed E-state index contributed by atoms with van der Waals surface area (Å²) in [5.41, 5.74) is 7.28. The molecule has 154 valence electrons. The van der Waals surface area contributed by atoms with Crippen molar-refractivity contribution in [2.75, 3.05) is 13.2 Å². The summed E-state index contributed by atoms with van der Waals surface area (Å²) in [5.74, 6) is 1.01. The molecular formula is C27H29NO2. The Kier molecular flexibility index (Phi) is 6.81. The lowest BCUT2D eigenvalue weighted by atomic mass is 9.91. The van der Waals surface area contributed by atoms with Gasteiger partial charge in [-0.05, 0) is 66.0 Å². The fraction of sp³-hybridized carbons (Fsp3) is 0.296. The molecule has 0 aromatic heterocycles. The summed E-state index contributed by atoms with van der Waals surface area (Å²) < 4.78 is 6.00. The molecule has 0 saturated carbocycles. The third-order valence-corrected chi connectivity index (χ3v) is 5.62. The second-order valence-electron chi connectivity index (χ2n) is 7.62. The number of rotatable bonds is 8. The van der Waals surface area contributed by atoms with Crippen molar-refractivity contribution in [1.29, 1.82) is 0 Å². The van der Waals surface area contributed by atoms with Gasteiger partial charge < -0.3 is 9.57 Å². The molecule has 0 amide bonds. The van der Waals surface area contributed by atoms with E-state index >= 15 is 0 Å². The Hall–Kier alpha value is -3.07. The maximum Gasteiger partial charge on any atom is 0.151 e. The topological polar surface area (TPSA) is 30.8 Å². The molecule has 0 unspecified atom stereocenters.